The number of hydrogen-bond donors (Lipinski definition) is 2. The number of aromatic carboxylic acids is 1. The van der Waals surface area contributed by atoms with E-state index in [-0.39, 0.29) is 17.2 Å². The van der Waals surface area contributed by atoms with Gasteiger partial charge in [-0.2, -0.15) is 0 Å². The lowest BCUT2D eigenvalue weighted by molar-refractivity contribution is 0.0697. The first-order valence-electron chi connectivity index (χ1n) is 5.72. The molecule has 0 atom stereocenters. The van der Waals surface area contributed by atoms with Gasteiger partial charge in [-0.3, -0.25) is 0 Å². The summed E-state index contributed by atoms with van der Waals surface area (Å²) < 4.78 is 12.8. The number of anilines is 1. The van der Waals surface area contributed by atoms with Crippen LogP contribution >= 0.6 is 0 Å². The Bertz CT molecular complexity index is 599. The molecule has 5 nitrogen and oxygen atoms in total. The lowest BCUT2D eigenvalue weighted by atomic mass is 10.2. The fourth-order valence-corrected chi connectivity index (χ4v) is 1.58. The molecular weight excluding hydrogens is 249 g/mol. The van der Waals surface area contributed by atoms with Crippen molar-refractivity contribution in [2.24, 2.45) is 0 Å². The SMILES string of the molecule is CCNc1nc(-c2ccc(F)cc2)ncc1C(=O)O. The van der Waals surface area contributed by atoms with Crippen LogP contribution in [-0.2, 0) is 0 Å². The van der Waals surface area contributed by atoms with Gasteiger partial charge in [-0.25, -0.2) is 19.2 Å². The number of benzene rings is 1. The smallest absolute Gasteiger partial charge is 0.341 e. The van der Waals surface area contributed by atoms with Crippen molar-refractivity contribution in [3.05, 3.63) is 41.8 Å². The molecule has 1 aromatic heterocycles. The molecule has 98 valence electrons. The Kier molecular flexibility index (Phi) is 3.70. The molecule has 0 radical (unpaired) electrons. The topological polar surface area (TPSA) is 75.1 Å². The summed E-state index contributed by atoms with van der Waals surface area (Å²) in [7, 11) is 0. The summed E-state index contributed by atoms with van der Waals surface area (Å²) in [5.74, 6) is -0.843. The van der Waals surface area contributed by atoms with Crippen molar-refractivity contribution in [3.8, 4) is 11.4 Å². The highest BCUT2D eigenvalue weighted by Crippen LogP contribution is 2.19. The fraction of sp³-hybridized carbons (Fsp3) is 0.154. The van der Waals surface area contributed by atoms with Crippen LogP contribution in [0.1, 0.15) is 17.3 Å². The summed E-state index contributed by atoms with van der Waals surface area (Å²) in [4.78, 5) is 19.2. The zero-order chi connectivity index (χ0) is 13.8. The lowest BCUT2D eigenvalue weighted by Gasteiger charge is -2.08. The quantitative estimate of drug-likeness (QED) is 0.884. The van der Waals surface area contributed by atoms with Gasteiger partial charge < -0.3 is 10.4 Å². The van der Waals surface area contributed by atoms with Gasteiger partial charge in [0.15, 0.2) is 5.82 Å². The third kappa shape index (κ3) is 2.85. The number of halogens is 1. The van der Waals surface area contributed by atoms with E-state index in [0.29, 0.717) is 17.9 Å². The van der Waals surface area contributed by atoms with Crippen LogP contribution in [0.2, 0.25) is 0 Å². The summed E-state index contributed by atoms with van der Waals surface area (Å²) in [6.07, 6.45) is 1.24. The van der Waals surface area contributed by atoms with Crippen LogP contribution in [0.25, 0.3) is 11.4 Å². The van der Waals surface area contributed by atoms with E-state index in [2.05, 4.69) is 15.3 Å². The van der Waals surface area contributed by atoms with E-state index in [0.717, 1.165) is 0 Å². The molecule has 2 N–H and O–H groups in total. The molecule has 2 rings (SSSR count). The van der Waals surface area contributed by atoms with E-state index < -0.39 is 5.97 Å². The summed E-state index contributed by atoms with van der Waals surface area (Å²) >= 11 is 0. The van der Waals surface area contributed by atoms with Crippen molar-refractivity contribution in [2.75, 3.05) is 11.9 Å². The highest BCUT2D eigenvalue weighted by atomic mass is 19.1. The first-order chi connectivity index (χ1) is 9.11. The Morgan fingerprint density at radius 1 is 1.37 bits per heavy atom. The van der Waals surface area contributed by atoms with Gasteiger partial charge in [-0.15, -0.1) is 0 Å². The maximum Gasteiger partial charge on any atom is 0.341 e. The Balaban J connectivity index is 2.45. The monoisotopic (exact) mass is 261 g/mol. The largest absolute Gasteiger partial charge is 0.477 e. The summed E-state index contributed by atoms with van der Waals surface area (Å²) in [6.45, 7) is 2.38. The molecule has 1 heterocycles. The molecule has 0 aliphatic rings. The van der Waals surface area contributed by atoms with Crippen molar-refractivity contribution in [3.63, 3.8) is 0 Å². The minimum atomic E-state index is -1.10. The molecule has 0 saturated heterocycles. The minimum Gasteiger partial charge on any atom is -0.477 e. The summed E-state index contributed by atoms with van der Waals surface area (Å²) in [5, 5.41) is 11.9. The van der Waals surface area contributed by atoms with Crippen LogP contribution in [0, 0.1) is 5.82 Å². The van der Waals surface area contributed by atoms with Crippen molar-refractivity contribution in [2.45, 2.75) is 6.92 Å². The number of nitrogens with zero attached hydrogens (tertiary/aromatic N) is 2. The Morgan fingerprint density at radius 2 is 2.05 bits per heavy atom. The van der Waals surface area contributed by atoms with Gasteiger partial charge in [0.1, 0.15) is 17.2 Å². The van der Waals surface area contributed by atoms with Gasteiger partial charge >= 0.3 is 5.97 Å². The number of carboxylic acid groups (broad SMARTS) is 1. The second-order valence-corrected chi connectivity index (χ2v) is 3.80. The highest BCUT2D eigenvalue weighted by molar-refractivity contribution is 5.93. The standard InChI is InChI=1S/C13H12FN3O2/c1-2-15-12-10(13(18)19)7-16-11(17-12)8-3-5-9(14)6-4-8/h3-7H,2H2,1H3,(H,18,19)(H,15,16,17). The predicted octanol–water partition coefficient (Wildman–Crippen LogP) is 2.41. The molecule has 0 unspecified atom stereocenters. The van der Waals surface area contributed by atoms with Crippen molar-refractivity contribution in [1.82, 2.24) is 9.97 Å². The average molecular weight is 261 g/mol. The van der Waals surface area contributed by atoms with Crippen LogP contribution in [0.3, 0.4) is 0 Å². The van der Waals surface area contributed by atoms with Crippen LogP contribution in [0.5, 0.6) is 0 Å². The number of nitrogens with one attached hydrogen (secondary N) is 1. The Hall–Kier alpha value is -2.50. The van der Waals surface area contributed by atoms with Crippen LogP contribution in [0.4, 0.5) is 10.2 Å². The van der Waals surface area contributed by atoms with Crippen molar-refractivity contribution >= 4 is 11.8 Å². The summed E-state index contributed by atoms with van der Waals surface area (Å²) in [5.41, 5.74) is 0.630. The molecule has 0 saturated carbocycles. The van der Waals surface area contributed by atoms with E-state index in [1.165, 1.54) is 18.3 Å². The molecule has 0 spiro atoms. The Labute approximate surface area is 109 Å². The van der Waals surface area contributed by atoms with Gasteiger partial charge in [0.25, 0.3) is 0 Å². The molecule has 0 amide bonds. The molecule has 0 aliphatic carbocycles. The van der Waals surface area contributed by atoms with E-state index >= 15 is 0 Å². The van der Waals surface area contributed by atoms with Gasteiger partial charge in [-0.1, -0.05) is 0 Å². The summed E-state index contributed by atoms with van der Waals surface area (Å²) in [6, 6.07) is 5.69. The molecule has 2 aromatic rings. The number of rotatable bonds is 4. The van der Waals surface area contributed by atoms with Crippen LogP contribution < -0.4 is 5.32 Å². The van der Waals surface area contributed by atoms with E-state index in [1.54, 1.807) is 12.1 Å². The minimum absolute atomic E-state index is 0.00714. The zero-order valence-electron chi connectivity index (χ0n) is 10.2. The first-order valence-corrected chi connectivity index (χ1v) is 5.72. The maximum atomic E-state index is 12.8. The van der Waals surface area contributed by atoms with Crippen LogP contribution in [-0.4, -0.2) is 27.6 Å². The zero-order valence-corrected chi connectivity index (χ0v) is 10.2. The van der Waals surface area contributed by atoms with E-state index in [1.807, 2.05) is 6.92 Å². The van der Waals surface area contributed by atoms with Gasteiger partial charge in [0.2, 0.25) is 0 Å². The van der Waals surface area contributed by atoms with Gasteiger partial charge in [-0.05, 0) is 31.2 Å². The number of aromatic nitrogens is 2. The van der Waals surface area contributed by atoms with E-state index in [4.69, 9.17) is 5.11 Å². The molecule has 6 heteroatoms. The van der Waals surface area contributed by atoms with Crippen molar-refractivity contribution in [1.29, 1.82) is 0 Å². The second-order valence-electron chi connectivity index (χ2n) is 3.80. The third-order valence-corrected chi connectivity index (χ3v) is 2.47. The molecule has 0 fully saturated rings. The van der Waals surface area contributed by atoms with Gasteiger partial charge in [0, 0.05) is 18.3 Å². The number of carboxylic acids is 1. The van der Waals surface area contributed by atoms with E-state index in [9.17, 15) is 9.18 Å². The highest BCUT2D eigenvalue weighted by Gasteiger charge is 2.13. The third-order valence-electron chi connectivity index (χ3n) is 2.47. The van der Waals surface area contributed by atoms with Crippen LogP contribution in [0.15, 0.2) is 30.5 Å². The normalized spacial score (nSPS) is 10.2. The lowest BCUT2D eigenvalue weighted by Crippen LogP contribution is -2.09. The second kappa shape index (κ2) is 5.43. The number of hydrogen-bond acceptors (Lipinski definition) is 4. The molecule has 0 bridgehead atoms. The fourth-order valence-electron chi connectivity index (χ4n) is 1.58. The van der Waals surface area contributed by atoms with Gasteiger partial charge in [0.05, 0.1) is 0 Å². The molecule has 1 aromatic carbocycles. The molecule has 0 aliphatic heterocycles. The predicted molar refractivity (Wildman–Crippen MR) is 68.5 cm³/mol. The molecular formula is C13H12FN3O2. The average Bonchev–Trinajstić information content (AvgIpc) is 2.39. The maximum absolute atomic E-state index is 12.8. The number of carbonyl (C=O) groups is 1. The Morgan fingerprint density at radius 3 is 2.63 bits per heavy atom. The van der Waals surface area contributed by atoms with Crippen molar-refractivity contribution < 1.29 is 14.3 Å². The first kappa shape index (κ1) is 12.9. The molecule has 19 heavy (non-hydrogen) atoms.